The minimum atomic E-state index is -0.940. The molecule has 0 aliphatic carbocycles. The molecule has 0 fully saturated rings. The molecule has 0 aliphatic rings. The first kappa shape index (κ1) is 19.0. The highest BCUT2D eigenvalue weighted by Gasteiger charge is 2.23. The molecule has 0 saturated carbocycles. The first-order chi connectivity index (χ1) is 10.9. The van der Waals surface area contributed by atoms with Gasteiger partial charge in [-0.1, -0.05) is 31.5 Å². The Bertz CT molecular complexity index is 533. The van der Waals surface area contributed by atoms with Gasteiger partial charge in [-0.2, -0.15) is 0 Å². The second kappa shape index (κ2) is 9.15. The number of hydrogen-bond donors (Lipinski definition) is 3. The minimum Gasteiger partial charge on any atom is -0.496 e. The van der Waals surface area contributed by atoms with E-state index < -0.39 is 18.1 Å². The molecule has 3 unspecified atom stereocenters. The van der Waals surface area contributed by atoms with Gasteiger partial charge < -0.3 is 15.2 Å². The number of carbonyl (C=O) groups excluding carboxylic acids is 1. The summed E-state index contributed by atoms with van der Waals surface area (Å²) in [6, 6.07) is 5.91. The maximum atomic E-state index is 12.3. The largest absolute Gasteiger partial charge is 0.496 e. The fourth-order valence-corrected chi connectivity index (χ4v) is 2.38. The Labute approximate surface area is 137 Å². The van der Waals surface area contributed by atoms with Crippen molar-refractivity contribution < 1.29 is 19.4 Å². The lowest BCUT2D eigenvalue weighted by molar-refractivity contribution is -0.140. The van der Waals surface area contributed by atoms with Gasteiger partial charge in [0, 0.05) is 5.56 Å². The molecular formula is C17H26N2O4. The number of benzene rings is 1. The van der Waals surface area contributed by atoms with E-state index in [0.717, 1.165) is 12.0 Å². The lowest BCUT2D eigenvalue weighted by Gasteiger charge is -2.22. The van der Waals surface area contributed by atoms with Crippen LogP contribution in [0.25, 0.3) is 0 Å². The number of methoxy groups -OCH3 is 1. The van der Waals surface area contributed by atoms with Gasteiger partial charge in [-0.3, -0.25) is 14.9 Å². The molecule has 128 valence electrons. The van der Waals surface area contributed by atoms with E-state index in [4.69, 9.17) is 9.84 Å². The molecule has 0 heterocycles. The first-order valence-electron chi connectivity index (χ1n) is 7.82. The summed E-state index contributed by atoms with van der Waals surface area (Å²) in [5, 5.41) is 14.9. The van der Waals surface area contributed by atoms with E-state index in [0.29, 0.717) is 12.2 Å². The molecule has 1 rings (SSSR count). The van der Waals surface area contributed by atoms with Crippen LogP contribution in [0.5, 0.6) is 5.75 Å². The van der Waals surface area contributed by atoms with Crippen LogP contribution >= 0.6 is 0 Å². The second-order valence-electron chi connectivity index (χ2n) is 5.54. The molecule has 1 amide bonds. The molecule has 3 N–H and O–H groups in total. The molecular weight excluding hydrogens is 296 g/mol. The monoisotopic (exact) mass is 322 g/mol. The minimum absolute atomic E-state index is 0.239. The number of aliphatic carboxylic acids is 1. The maximum absolute atomic E-state index is 12.3. The summed E-state index contributed by atoms with van der Waals surface area (Å²) in [6.45, 7) is 5.44. The molecule has 0 radical (unpaired) electrons. The number of carbonyl (C=O) groups is 2. The number of carboxylic acid groups (broad SMARTS) is 1. The van der Waals surface area contributed by atoms with Crippen LogP contribution in [0.15, 0.2) is 24.3 Å². The van der Waals surface area contributed by atoms with Gasteiger partial charge >= 0.3 is 5.97 Å². The van der Waals surface area contributed by atoms with Crippen LogP contribution in [0.1, 0.15) is 45.2 Å². The van der Waals surface area contributed by atoms with Crippen molar-refractivity contribution in [2.45, 2.75) is 51.7 Å². The summed E-state index contributed by atoms with van der Waals surface area (Å²) in [5.74, 6) is -0.481. The molecule has 0 spiro atoms. The van der Waals surface area contributed by atoms with E-state index in [9.17, 15) is 9.59 Å². The predicted octanol–water partition coefficient (Wildman–Crippen LogP) is 2.10. The fourth-order valence-electron chi connectivity index (χ4n) is 2.38. The lowest BCUT2D eigenvalue weighted by atomic mass is 10.1. The first-order valence-corrected chi connectivity index (χ1v) is 7.82. The van der Waals surface area contributed by atoms with E-state index >= 15 is 0 Å². The molecule has 6 nitrogen and oxygen atoms in total. The van der Waals surface area contributed by atoms with Gasteiger partial charge in [0.15, 0.2) is 0 Å². The zero-order valence-corrected chi connectivity index (χ0v) is 14.1. The van der Waals surface area contributed by atoms with Crippen LogP contribution in [0, 0.1) is 0 Å². The molecule has 0 aliphatic heterocycles. The Morgan fingerprint density at radius 1 is 1.26 bits per heavy atom. The van der Waals surface area contributed by atoms with Crippen molar-refractivity contribution in [1.29, 1.82) is 0 Å². The molecule has 1 aromatic carbocycles. The van der Waals surface area contributed by atoms with E-state index in [-0.39, 0.29) is 11.9 Å². The van der Waals surface area contributed by atoms with Gasteiger partial charge in [0.05, 0.1) is 19.2 Å². The number of rotatable bonds is 9. The summed E-state index contributed by atoms with van der Waals surface area (Å²) in [7, 11) is 1.58. The third kappa shape index (κ3) is 5.56. The maximum Gasteiger partial charge on any atom is 0.320 e. The van der Waals surface area contributed by atoms with Gasteiger partial charge in [-0.05, 0) is 26.3 Å². The van der Waals surface area contributed by atoms with Crippen LogP contribution in [-0.4, -0.2) is 36.2 Å². The van der Waals surface area contributed by atoms with E-state index in [2.05, 4.69) is 10.6 Å². The molecule has 23 heavy (non-hydrogen) atoms. The lowest BCUT2D eigenvalue weighted by Crippen LogP contribution is -2.49. The van der Waals surface area contributed by atoms with Crippen LogP contribution in [0.2, 0.25) is 0 Å². The number of carboxylic acids is 1. The van der Waals surface area contributed by atoms with Gasteiger partial charge in [-0.25, -0.2) is 0 Å². The number of hydrogen-bond acceptors (Lipinski definition) is 4. The SMILES string of the molecule is CCCC(NC(C)C(=O)NC(C)c1ccccc1OC)C(=O)O. The number of amides is 1. The third-order valence-corrected chi connectivity index (χ3v) is 3.68. The van der Waals surface area contributed by atoms with E-state index in [1.807, 2.05) is 38.1 Å². The Hall–Kier alpha value is -2.08. The Morgan fingerprint density at radius 3 is 2.48 bits per heavy atom. The fraction of sp³-hybridized carbons (Fsp3) is 0.529. The average molecular weight is 322 g/mol. The van der Waals surface area contributed by atoms with Crippen molar-refractivity contribution in [3.8, 4) is 5.75 Å². The summed E-state index contributed by atoms with van der Waals surface area (Å²) in [5.41, 5.74) is 0.874. The van der Waals surface area contributed by atoms with Crippen LogP contribution < -0.4 is 15.4 Å². The topological polar surface area (TPSA) is 87.7 Å². The van der Waals surface area contributed by atoms with Gasteiger partial charge in [0.1, 0.15) is 11.8 Å². The van der Waals surface area contributed by atoms with Gasteiger partial charge in [-0.15, -0.1) is 0 Å². The highest BCUT2D eigenvalue weighted by Crippen LogP contribution is 2.24. The van der Waals surface area contributed by atoms with E-state index in [1.54, 1.807) is 14.0 Å². The summed E-state index contributed by atoms with van der Waals surface area (Å²) >= 11 is 0. The molecule has 6 heteroatoms. The second-order valence-corrected chi connectivity index (χ2v) is 5.54. The van der Waals surface area contributed by atoms with Crippen molar-refractivity contribution in [2.24, 2.45) is 0 Å². The Morgan fingerprint density at radius 2 is 1.91 bits per heavy atom. The molecule has 3 atom stereocenters. The molecule has 0 saturated heterocycles. The third-order valence-electron chi connectivity index (χ3n) is 3.68. The highest BCUT2D eigenvalue weighted by molar-refractivity contribution is 5.83. The van der Waals surface area contributed by atoms with Crippen molar-refractivity contribution >= 4 is 11.9 Å². The normalized spacial score (nSPS) is 14.6. The summed E-state index contributed by atoms with van der Waals surface area (Å²) < 4.78 is 5.29. The van der Waals surface area contributed by atoms with Crippen molar-refractivity contribution in [3.63, 3.8) is 0 Å². The molecule has 0 bridgehead atoms. The predicted molar refractivity (Wildman–Crippen MR) is 88.5 cm³/mol. The number of ether oxygens (including phenoxy) is 1. The zero-order chi connectivity index (χ0) is 17.4. The van der Waals surface area contributed by atoms with Crippen LogP contribution in [0.3, 0.4) is 0 Å². The van der Waals surface area contributed by atoms with E-state index in [1.165, 1.54) is 0 Å². The number of para-hydroxylation sites is 1. The van der Waals surface area contributed by atoms with Crippen molar-refractivity contribution in [2.75, 3.05) is 7.11 Å². The van der Waals surface area contributed by atoms with Crippen molar-refractivity contribution in [3.05, 3.63) is 29.8 Å². The summed E-state index contributed by atoms with van der Waals surface area (Å²) in [6.07, 6.45) is 1.21. The Kier molecular flexibility index (Phi) is 7.54. The summed E-state index contributed by atoms with van der Waals surface area (Å²) in [4.78, 5) is 23.4. The standard InChI is InChI=1S/C17H26N2O4/c1-5-8-14(17(21)22)18-12(3)16(20)19-11(2)13-9-6-7-10-15(13)23-4/h6-7,9-12,14,18H,5,8H2,1-4H3,(H,19,20)(H,21,22). The van der Waals surface area contributed by atoms with Gasteiger partial charge in [0.2, 0.25) is 5.91 Å². The van der Waals surface area contributed by atoms with Crippen LogP contribution in [-0.2, 0) is 9.59 Å². The quantitative estimate of drug-likeness (QED) is 0.648. The highest BCUT2D eigenvalue weighted by atomic mass is 16.5. The van der Waals surface area contributed by atoms with Crippen LogP contribution in [0.4, 0.5) is 0 Å². The van der Waals surface area contributed by atoms with Crippen molar-refractivity contribution in [1.82, 2.24) is 10.6 Å². The molecule has 0 aromatic heterocycles. The average Bonchev–Trinajstić information content (AvgIpc) is 2.53. The smallest absolute Gasteiger partial charge is 0.320 e. The number of nitrogens with one attached hydrogen (secondary N) is 2. The molecule has 1 aromatic rings. The van der Waals surface area contributed by atoms with Gasteiger partial charge in [0.25, 0.3) is 0 Å². The Balaban J connectivity index is 2.68. The zero-order valence-electron chi connectivity index (χ0n) is 14.1.